The zero-order chi connectivity index (χ0) is 20.8. The van der Waals surface area contributed by atoms with E-state index >= 15 is 0 Å². The van der Waals surface area contributed by atoms with Crippen LogP contribution >= 0.6 is 35.3 Å². The number of piperazine rings is 1. The van der Waals surface area contributed by atoms with Crippen molar-refractivity contribution in [2.45, 2.75) is 6.42 Å². The average Bonchev–Trinajstić information content (AvgIpc) is 3.35. The van der Waals surface area contributed by atoms with Gasteiger partial charge in [-0.1, -0.05) is 6.07 Å². The van der Waals surface area contributed by atoms with Crippen LogP contribution in [0.2, 0.25) is 0 Å². The van der Waals surface area contributed by atoms with Gasteiger partial charge in [-0.05, 0) is 17.9 Å². The van der Waals surface area contributed by atoms with Gasteiger partial charge in [0.1, 0.15) is 13.1 Å². The number of carbonyl (C=O) groups excluding carboxylic acids is 2. The molecule has 0 unspecified atom stereocenters. The SMILES string of the molecule is CN(C)C(=O)CN=C(NCCc1cccs1)N1CCN(c2cnn(C)c2)C(=O)C1.I. The molecule has 11 heteroatoms. The zero-order valence-electron chi connectivity index (χ0n) is 17.4. The summed E-state index contributed by atoms with van der Waals surface area (Å²) in [5.74, 6) is 0.495. The molecule has 1 fully saturated rings. The highest BCUT2D eigenvalue weighted by Gasteiger charge is 2.28. The number of hydrogen-bond acceptors (Lipinski definition) is 5. The van der Waals surface area contributed by atoms with E-state index in [1.54, 1.807) is 41.2 Å². The summed E-state index contributed by atoms with van der Waals surface area (Å²) in [6.45, 7) is 2.10. The molecule has 3 heterocycles. The predicted octanol–water partition coefficient (Wildman–Crippen LogP) is 1.02. The minimum Gasteiger partial charge on any atom is -0.356 e. The van der Waals surface area contributed by atoms with Gasteiger partial charge < -0.3 is 20.0 Å². The summed E-state index contributed by atoms with van der Waals surface area (Å²) in [7, 11) is 5.24. The molecule has 0 saturated carbocycles. The standard InChI is InChI=1S/C19H27N7O2S.HI/c1-23(2)17(27)12-21-19(20-7-6-16-5-4-10-29-16)25-8-9-26(18(28)14-25)15-11-22-24(3)13-15;/h4-5,10-11,13H,6-9,12,14H2,1-3H3,(H,20,21);1H. The Morgan fingerprint density at radius 2 is 2.17 bits per heavy atom. The summed E-state index contributed by atoms with van der Waals surface area (Å²) in [5, 5.41) is 9.52. The Labute approximate surface area is 197 Å². The normalized spacial score (nSPS) is 14.5. The average molecular weight is 545 g/mol. The van der Waals surface area contributed by atoms with Crippen molar-refractivity contribution in [3.63, 3.8) is 0 Å². The van der Waals surface area contributed by atoms with E-state index in [4.69, 9.17) is 0 Å². The van der Waals surface area contributed by atoms with E-state index in [1.165, 1.54) is 9.78 Å². The van der Waals surface area contributed by atoms with Crippen molar-refractivity contribution in [2.75, 3.05) is 51.7 Å². The number of carbonyl (C=O) groups is 2. The summed E-state index contributed by atoms with van der Waals surface area (Å²) in [6.07, 6.45) is 4.39. The number of likely N-dealkylation sites (N-methyl/N-ethyl adjacent to an activating group) is 1. The van der Waals surface area contributed by atoms with E-state index in [9.17, 15) is 9.59 Å². The summed E-state index contributed by atoms with van der Waals surface area (Å²) >= 11 is 1.71. The molecule has 2 aromatic rings. The number of anilines is 1. The molecule has 0 aliphatic carbocycles. The van der Waals surface area contributed by atoms with Crippen molar-refractivity contribution in [3.05, 3.63) is 34.8 Å². The Morgan fingerprint density at radius 1 is 1.37 bits per heavy atom. The Hall–Kier alpha value is -2.15. The maximum atomic E-state index is 12.7. The molecule has 30 heavy (non-hydrogen) atoms. The monoisotopic (exact) mass is 545 g/mol. The number of rotatable bonds is 6. The van der Waals surface area contributed by atoms with Gasteiger partial charge in [-0.25, -0.2) is 4.99 Å². The number of aromatic nitrogens is 2. The van der Waals surface area contributed by atoms with E-state index in [2.05, 4.69) is 26.9 Å². The Kier molecular flexibility index (Phi) is 9.08. The topological polar surface area (TPSA) is 86.1 Å². The molecule has 0 radical (unpaired) electrons. The molecule has 0 spiro atoms. The van der Waals surface area contributed by atoms with Crippen LogP contribution in [-0.4, -0.2) is 84.2 Å². The number of nitrogens with zero attached hydrogens (tertiary/aromatic N) is 6. The third-order valence-electron chi connectivity index (χ3n) is 4.62. The molecule has 1 aliphatic heterocycles. The van der Waals surface area contributed by atoms with Gasteiger partial charge in [0.25, 0.3) is 0 Å². The highest BCUT2D eigenvalue weighted by molar-refractivity contribution is 14.0. The largest absolute Gasteiger partial charge is 0.356 e. The van der Waals surface area contributed by atoms with Crippen molar-refractivity contribution in [2.24, 2.45) is 12.0 Å². The van der Waals surface area contributed by atoms with Gasteiger partial charge in [0.2, 0.25) is 11.8 Å². The number of thiophene rings is 1. The van der Waals surface area contributed by atoms with Crippen LogP contribution in [0.3, 0.4) is 0 Å². The molecular weight excluding hydrogens is 517 g/mol. The van der Waals surface area contributed by atoms with Gasteiger partial charge in [-0.2, -0.15) is 5.10 Å². The molecule has 0 bridgehead atoms. The molecule has 1 N–H and O–H groups in total. The first-order valence-electron chi connectivity index (χ1n) is 9.49. The summed E-state index contributed by atoms with van der Waals surface area (Å²) in [4.78, 5) is 35.6. The van der Waals surface area contributed by atoms with Crippen LogP contribution in [0.25, 0.3) is 0 Å². The van der Waals surface area contributed by atoms with Crippen LogP contribution in [0.4, 0.5) is 5.69 Å². The summed E-state index contributed by atoms with van der Waals surface area (Å²) in [5.41, 5.74) is 0.795. The van der Waals surface area contributed by atoms with E-state index < -0.39 is 0 Å². The highest BCUT2D eigenvalue weighted by Crippen LogP contribution is 2.16. The lowest BCUT2D eigenvalue weighted by atomic mass is 10.3. The van der Waals surface area contributed by atoms with Crippen LogP contribution < -0.4 is 10.2 Å². The fraction of sp³-hybridized carbons (Fsp3) is 0.474. The smallest absolute Gasteiger partial charge is 0.246 e. The Morgan fingerprint density at radius 3 is 2.77 bits per heavy atom. The number of guanidine groups is 1. The number of nitrogens with one attached hydrogen (secondary N) is 1. The van der Waals surface area contributed by atoms with Crippen LogP contribution in [-0.2, 0) is 23.1 Å². The first-order valence-corrected chi connectivity index (χ1v) is 10.4. The van der Waals surface area contributed by atoms with Gasteiger partial charge in [-0.3, -0.25) is 14.3 Å². The zero-order valence-corrected chi connectivity index (χ0v) is 20.6. The lowest BCUT2D eigenvalue weighted by Crippen LogP contribution is -2.55. The van der Waals surface area contributed by atoms with Crippen LogP contribution in [0.1, 0.15) is 4.88 Å². The second kappa shape index (κ2) is 11.3. The fourth-order valence-electron chi connectivity index (χ4n) is 2.98. The molecule has 2 amide bonds. The number of halogens is 1. The molecule has 1 saturated heterocycles. The lowest BCUT2D eigenvalue weighted by molar-refractivity contribution is -0.127. The summed E-state index contributed by atoms with van der Waals surface area (Å²) in [6, 6.07) is 4.12. The summed E-state index contributed by atoms with van der Waals surface area (Å²) < 4.78 is 1.68. The fourth-order valence-corrected chi connectivity index (χ4v) is 3.69. The molecule has 3 rings (SSSR count). The number of amides is 2. The minimum atomic E-state index is -0.0807. The lowest BCUT2D eigenvalue weighted by Gasteiger charge is -2.35. The maximum Gasteiger partial charge on any atom is 0.246 e. The molecule has 2 aromatic heterocycles. The van der Waals surface area contributed by atoms with Crippen molar-refractivity contribution >= 4 is 58.8 Å². The number of aryl methyl sites for hydroxylation is 1. The second-order valence-corrected chi connectivity index (χ2v) is 8.06. The van der Waals surface area contributed by atoms with Crippen molar-refractivity contribution < 1.29 is 9.59 Å². The van der Waals surface area contributed by atoms with Crippen LogP contribution in [0.15, 0.2) is 34.9 Å². The van der Waals surface area contributed by atoms with E-state index in [-0.39, 0.29) is 48.9 Å². The minimum absolute atomic E-state index is 0. The second-order valence-electron chi connectivity index (χ2n) is 7.02. The third-order valence-corrected chi connectivity index (χ3v) is 5.56. The maximum absolute atomic E-state index is 12.7. The van der Waals surface area contributed by atoms with E-state index in [0.29, 0.717) is 25.6 Å². The van der Waals surface area contributed by atoms with Crippen molar-refractivity contribution in [3.8, 4) is 0 Å². The first-order chi connectivity index (χ1) is 13.9. The van der Waals surface area contributed by atoms with Gasteiger partial charge >= 0.3 is 0 Å². The number of hydrogen-bond donors (Lipinski definition) is 1. The molecule has 0 aromatic carbocycles. The highest BCUT2D eigenvalue weighted by atomic mass is 127. The van der Waals surface area contributed by atoms with E-state index in [1.807, 2.05) is 24.2 Å². The van der Waals surface area contributed by atoms with E-state index in [0.717, 1.165) is 12.1 Å². The predicted molar refractivity (Wildman–Crippen MR) is 130 cm³/mol. The van der Waals surface area contributed by atoms with Gasteiger partial charge in [0.15, 0.2) is 5.96 Å². The number of aliphatic imine (C=N–C) groups is 1. The van der Waals surface area contributed by atoms with Crippen molar-refractivity contribution in [1.29, 1.82) is 0 Å². The Balaban J connectivity index is 0.00000320. The quantitative estimate of drug-likeness (QED) is 0.333. The van der Waals surface area contributed by atoms with Crippen molar-refractivity contribution in [1.82, 2.24) is 24.9 Å². The Bertz CT molecular complexity index is 866. The van der Waals surface area contributed by atoms with Gasteiger partial charge in [0, 0.05) is 51.9 Å². The van der Waals surface area contributed by atoms with Crippen LogP contribution in [0, 0.1) is 0 Å². The molecule has 164 valence electrons. The first kappa shape index (κ1) is 24.1. The van der Waals surface area contributed by atoms with Gasteiger partial charge in [-0.15, -0.1) is 35.3 Å². The van der Waals surface area contributed by atoms with Crippen LogP contribution in [0.5, 0.6) is 0 Å². The molecular formula is C19H28IN7O2S. The molecule has 9 nitrogen and oxygen atoms in total. The third kappa shape index (κ3) is 6.42. The molecule has 1 aliphatic rings. The van der Waals surface area contributed by atoms with Gasteiger partial charge in [0.05, 0.1) is 11.9 Å². The molecule has 0 atom stereocenters.